The molecule has 0 amide bonds. The predicted molar refractivity (Wildman–Crippen MR) is 44.4 cm³/mol. The smallest absolute Gasteiger partial charge is 0.175 e. The molecule has 0 aromatic heterocycles. The number of hydrogen-bond acceptors (Lipinski definition) is 3. The zero-order valence-corrected chi connectivity index (χ0v) is 8.51. The molecular weight excluding hydrogens is 266 g/mol. The Morgan fingerprint density at radius 2 is 1.82 bits per heavy atom. The highest BCUT2D eigenvalue weighted by Crippen LogP contribution is 2.41. The summed E-state index contributed by atoms with van der Waals surface area (Å²) in [7, 11) is 0. The summed E-state index contributed by atoms with van der Waals surface area (Å²) in [6, 6.07) is 0. The van der Waals surface area contributed by atoms with E-state index >= 15 is 0 Å². The Bertz CT molecular complexity index is 120. The number of hydrogen-bond donors (Lipinski definition) is 0. The third-order valence-corrected chi connectivity index (χ3v) is 2.18. The van der Waals surface area contributed by atoms with E-state index in [1.54, 1.807) is 0 Å². The molecule has 11 heavy (non-hydrogen) atoms. The van der Waals surface area contributed by atoms with Crippen LogP contribution in [-0.2, 0) is 0 Å². The van der Waals surface area contributed by atoms with Gasteiger partial charge in [-0.2, -0.15) is 8.78 Å². The van der Waals surface area contributed by atoms with Gasteiger partial charge in [0.1, 0.15) is 0 Å². The lowest BCUT2D eigenvalue weighted by Crippen LogP contribution is -2.06. The molecule has 0 unspecified atom stereocenters. The minimum atomic E-state index is -3.69. The minimum absolute atomic E-state index is 0.177. The van der Waals surface area contributed by atoms with Gasteiger partial charge in [0.25, 0.3) is 0 Å². The van der Waals surface area contributed by atoms with E-state index in [2.05, 4.69) is 11.6 Å². The van der Waals surface area contributed by atoms with Gasteiger partial charge in [0.15, 0.2) is 4.17 Å². The van der Waals surface area contributed by atoms with Crippen molar-refractivity contribution in [2.75, 3.05) is 0 Å². The van der Waals surface area contributed by atoms with Crippen molar-refractivity contribution >= 4 is 58.7 Å². The van der Waals surface area contributed by atoms with Crippen LogP contribution in [0.5, 0.6) is 0 Å². The Labute approximate surface area is 84.7 Å². The summed E-state index contributed by atoms with van der Waals surface area (Å²) in [6.45, 7) is 0. The fourth-order valence-electron chi connectivity index (χ4n) is 0.166. The van der Waals surface area contributed by atoms with Gasteiger partial charge < -0.3 is 0 Å². The van der Waals surface area contributed by atoms with Crippen LogP contribution in [0.15, 0.2) is 0 Å². The van der Waals surface area contributed by atoms with Crippen LogP contribution in [0.4, 0.5) is 13.3 Å². The molecule has 9 heteroatoms. The van der Waals surface area contributed by atoms with E-state index in [0.29, 0.717) is 0 Å². The molecule has 1 nitrogen and oxygen atoms in total. The zero-order chi connectivity index (χ0) is 9.07. The van der Waals surface area contributed by atoms with Crippen LogP contribution < -0.4 is 0 Å². The first-order chi connectivity index (χ1) is 4.81. The fourth-order valence-corrected chi connectivity index (χ4v) is 2.17. The van der Waals surface area contributed by atoms with Gasteiger partial charge in [-0.1, -0.05) is 23.2 Å². The molecule has 0 radical (unpaired) electrons. The van der Waals surface area contributed by atoms with Gasteiger partial charge in [0, 0.05) is 11.9 Å². The lowest BCUT2D eigenvalue weighted by molar-refractivity contribution is 0.188. The molecular formula is C2HCl3F3NS2. The summed E-state index contributed by atoms with van der Waals surface area (Å²) >= 11 is 14.1. The van der Waals surface area contributed by atoms with E-state index in [0.717, 1.165) is 0 Å². The second kappa shape index (κ2) is 5.14. The molecule has 0 spiro atoms. The molecule has 68 valence electrons. The summed E-state index contributed by atoms with van der Waals surface area (Å²) in [4.78, 5) is 0. The Morgan fingerprint density at radius 3 is 2.09 bits per heavy atom. The highest BCUT2D eigenvalue weighted by Gasteiger charge is 2.31. The van der Waals surface area contributed by atoms with Crippen LogP contribution in [0.3, 0.4) is 0 Å². The molecule has 0 bridgehead atoms. The van der Waals surface area contributed by atoms with E-state index in [9.17, 15) is 13.3 Å². The van der Waals surface area contributed by atoms with Crippen molar-refractivity contribution in [1.82, 2.24) is 3.93 Å². The number of halogens is 6. The van der Waals surface area contributed by atoms with E-state index < -0.39 is 24.8 Å². The Kier molecular flexibility index (Phi) is 5.75. The lowest BCUT2D eigenvalue weighted by atomic mass is 11.6. The quantitative estimate of drug-likeness (QED) is 0.430. The van der Waals surface area contributed by atoms with Crippen LogP contribution in [0.1, 0.15) is 0 Å². The average Bonchev–Trinajstić information content (AvgIpc) is 1.53. The van der Waals surface area contributed by atoms with Crippen molar-refractivity contribution in [2.45, 2.75) is 8.88 Å². The second-order valence-corrected chi connectivity index (χ2v) is 5.68. The third kappa shape index (κ3) is 9.23. The Hall–Kier alpha value is 1.32. The summed E-state index contributed by atoms with van der Waals surface area (Å²) in [6.07, 6.45) is 0. The fraction of sp³-hybridized carbons (Fsp3) is 1.00. The van der Waals surface area contributed by atoms with Gasteiger partial charge in [-0.25, -0.2) is 0 Å². The van der Waals surface area contributed by atoms with Gasteiger partial charge in [-0.3, -0.25) is 0 Å². The largest absolute Gasteiger partial charge is 0.388 e. The van der Waals surface area contributed by atoms with Crippen molar-refractivity contribution in [3.63, 3.8) is 0 Å². The van der Waals surface area contributed by atoms with Crippen molar-refractivity contribution in [2.24, 2.45) is 0 Å². The molecule has 0 atom stereocenters. The summed E-state index contributed by atoms with van der Waals surface area (Å²) < 4.78 is 30.5. The zero-order valence-electron chi connectivity index (χ0n) is 4.61. The first kappa shape index (κ1) is 12.3. The predicted octanol–water partition coefficient (Wildman–Crippen LogP) is 4.02. The van der Waals surface area contributed by atoms with Crippen molar-refractivity contribution in [3.05, 3.63) is 0 Å². The first-order valence-corrected chi connectivity index (χ1v) is 4.84. The first-order valence-electron chi connectivity index (χ1n) is 1.98. The summed E-state index contributed by atoms with van der Waals surface area (Å²) in [5.41, 5.74) is 0. The second-order valence-electron chi connectivity index (χ2n) is 1.12. The molecule has 0 heterocycles. The van der Waals surface area contributed by atoms with Crippen molar-refractivity contribution < 1.29 is 13.3 Å². The van der Waals surface area contributed by atoms with E-state index in [-0.39, 0.29) is 11.9 Å². The summed E-state index contributed by atoms with van der Waals surface area (Å²) in [5.74, 6) is 0. The minimum Gasteiger partial charge on any atom is -0.175 e. The molecule has 0 aliphatic heterocycles. The number of alkyl halides is 5. The van der Waals surface area contributed by atoms with Gasteiger partial charge in [0.2, 0.25) is 0 Å². The molecule has 0 aliphatic rings. The maximum absolute atomic E-state index is 12.2. The molecule has 0 saturated carbocycles. The highest BCUT2D eigenvalue weighted by atomic mass is 35.5. The van der Waals surface area contributed by atoms with E-state index in [1.165, 1.54) is 0 Å². The molecule has 0 fully saturated rings. The standard InChI is InChI=1S/C2HCl3F3NS2/c3-1(4)10-9(8)11-2(5,6)7/h1H. The Balaban J connectivity index is 3.61. The van der Waals surface area contributed by atoms with Gasteiger partial charge in [0.05, 0.1) is 11.9 Å². The highest BCUT2D eigenvalue weighted by molar-refractivity contribution is 8.14. The lowest BCUT2D eigenvalue weighted by Gasteiger charge is -2.11. The third-order valence-electron chi connectivity index (χ3n) is 0.338. The molecule has 0 aromatic rings. The molecule has 0 saturated heterocycles. The molecule has 0 rings (SSSR count). The number of nitrogens with zero attached hydrogens (tertiary/aromatic N) is 1. The van der Waals surface area contributed by atoms with Gasteiger partial charge >= 0.3 is 4.71 Å². The van der Waals surface area contributed by atoms with Crippen LogP contribution in [0.25, 0.3) is 0 Å². The molecule has 0 aliphatic carbocycles. The molecule has 0 N–H and O–H groups in total. The van der Waals surface area contributed by atoms with Crippen molar-refractivity contribution in [1.29, 1.82) is 0 Å². The number of rotatable bonds is 4. The monoisotopic (exact) mass is 265 g/mol. The Morgan fingerprint density at radius 1 is 1.36 bits per heavy atom. The van der Waals surface area contributed by atoms with Crippen LogP contribution in [0.2, 0.25) is 0 Å². The van der Waals surface area contributed by atoms with E-state index in [1.807, 2.05) is 0 Å². The summed E-state index contributed by atoms with van der Waals surface area (Å²) in [5, 5.41) is 0. The maximum atomic E-state index is 12.2. The average molecular weight is 267 g/mol. The van der Waals surface area contributed by atoms with Gasteiger partial charge in [-0.15, -0.1) is 4.48 Å². The van der Waals surface area contributed by atoms with Crippen LogP contribution >= 0.6 is 58.7 Å². The van der Waals surface area contributed by atoms with Crippen LogP contribution in [0, 0.1) is 0 Å². The van der Waals surface area contributed by atoms with Gasteiger partial charge in [-0.05, 0) is 15.5 Å². The van der Waals surface area contributed by atoms with E-state index in [4.69, 9.17) is 23.2 Å². The molecule has 0 aromatic carbocycles. The van der Waals surface area contributed by atoms with Crippen molar-refractivity contribution in [3.8, 4) is 0 Å². The topological polar surface area (TPSA) is 3.24 Å². The SMILES string of the molecule is FN(SC(Cl)Cl)SC(F)(F)Cl. The normalized spacial score (nSPS) is 13.1. The maximum Gasteiger partial charge on any atom is 0.388 e. The van der Waals surface area contributed by atoms with Crippen LogP contribution in [-0.4, -0.2) is 12.8 Å².